The van der Waals surface area contributed by atoms with Crippen LogP contribution in [0.4, 0.5) is 0 Å². The Balaban J connectivity index is 1.61. The van der Waals surface area contributed by atoms with Crippen molar-refractivity contribution in [2.45, 2.75) is 56.5 Å². The van der Waals surface area contributed by atoms with Gasteiger partial charge in [0.1, 0.15) is 0 Å². The van der Waals surface area contributed by atoms with Gasteiger partial charge in [-0.25, -0.2) is 8.42 Å². The molecule has 140 valence electrons. The second kappa shape index (κ2) is 7.74. The minimum atomic E-state index is -3.36. The molecule has 0 saturated carbocycles. The Bertz CT molecular complexity index is 666. The molecule has 0 aliphatic carbocycles. The highest BCUT2D eigenvalue weighted by molar-refractivity contribution is 7.89. The number of likely N-dealkylation sites (tertiary alicyclic amines) is 1. The molecular weight excluding hydrogens is 334 g/mol. The number of aryl methyl sites for hydroxylation is 1. The number of benzene rings is 1. The Morgan fingerprint density at radius 2 is 1.72 bits per heavy atom. The van der Waals surface area contributed by atoms with Gasteiger partial charge in [0.25, 0.3) is 0 Å². The van der Waals surface area contributed by atoms with Crippen molar-refractivity contribution >= 4 is 10.0 Å². The summed E-state index contributed by atoms with van der Waals surface area (Å²) in [4.78, 5) is 2.96. The lowest BCUT2D eigenvalue weighted by Gasteiger charge is -2.43. The van der Waals surface area contributed by atoms with E-state index in [0.29, 0.717) is 36.0 Å². The first-order valence-electron chi connectivity index (χ1n) is 9.48. The molecule has 6 heteroatoms. The molecule has 5 nitrogen and oxygen atoms in total. The van der Waals surface area contributed by atoms with Gasteiger partial charge in [0.2, 0.25) is 10.0 Å². The van der Waals surface area contributed by atoms with Crippen molar-refractivity contribution in [1.29, 1.82) is 0 Å². The lowest BCUT2D eigenvalue weighted by molar-refractivity contribution is 0.0781. The third kappa shape index (κ3) is 4.08. The van der Waals surface area contributed by atoms with E-state index in [1.807, 2.05) is 19.1 Å². The van der Waals surface area contributed by atoms with Crippen LogP contribution in [-0.4, -0.2) is 55.9 Å². The summed E-state index contributed by atoms with van der Waals surface area (Å²) in [5, 5.41) is 0. The second-order valence-corrected chi connectivity index (χ2v) is 9.50. The third-order valence-electron chi connectivity index (χ3n) is 5.95. The number of hydrogen-bond donors (Lipinski definition) is 1. The first-order chi connectivity index (χ1) is 11.9. The average Bonchev–Trinajstić information content (AvgIpc) is 2.62. The molecule has 2 heterocycles. The average molecular weight is 366 g/mol. The smallest absolute Gasteiger partial charge is 0.243 e. The minimum Gasteiger partial charge on any atom is -0.327 e. The number of nitrogens with two attached hydrogens (primary N) is 1. The van der Waals surface area contributed by atoms with Crippen molar-refractivity contribution in [3.63, 3.8) is 0 Å². The topological polar surface area (TPSA) is 66.6 Å². The summed E-state index contributed by atoms with van der Waals surface area (Å²) in [6.07, 6.45) is 4.01. The Hall–Kier alpha value is -0.950. The second-order valence-electron chi connectivity index (χ2n) is 7.56. The maximum Gasteiger partial charge on any atom is 0.243 e. The first-order valence-corrected chi connectivity index (χ1v) is 10.9. The van der Waals surface area contributed by atoms with Crippen LogP contribution in [0.15, 0.2) is 29.2 Å². The molecule has 2 atom stereocenters. The van der Waals surface area contributed by atoms with Gasteiger partial charge in [-0.15, -0.1) is 0 Å². The van der Waals surface area contributed by atoms with Gasteiger partial charge in [-0.3, -0.25) is 4.90 Å². The lowest BCUT2D eigenvalue weighted by Crippen LogP contribution is -2.53. The van der Waals surface area contributed by atoms with Crippen molar-refractivity contribution < 1.29 is 8.42 Å². The Morgan fingerprint density at radius 1 is 1.08 bits per heavy atom. The summed E-state index contributed by atoms with van der Waals surface area (Å²) in [5.41, 5.74) is 7.30. The van der Waals surface area contributed by atoms with E-state index in [4.69, 9.17) is 5.73 Å². The summed E-state index contributed by atoms with van der Waals surface area (Å²) in [6.45, 7) is 7.52. The molecule has 2 aliphatic heterocycles. The molecular formula is C19H31N3O2S. The van der Waals surface area contributed by atoms with Crippen LogP contribution in [0.2, 0.25) is 0 Å². The van der Waals surface area contributed by atoms with E-state index in [9.17, 15) is 8.42 Å². The number of piperidine rings is 2. The lowest BCUT2D eigenvalue weighted by atomic mass is 9.88. The highest BCUT2D eigenvalue weighted by atomic mass is 32.2. The molecule has 0 bridgehead atoms. The van der Waals surface area contributed by atoms with Crippen molar-refractivity contribution in [2.75, 3.05) is 26.2 Å². The van der Waals surface area contributed by atoms with Gasteiger partial charge >= 0.3 is 0 Å². The van der Waals surface area contributed by atoms with Gasteiger partial charge in [0.15, 0.2) is 0 Å². The fourth-order valence-electron chi connectivity index (χ4n) is 4.15. The molecule has 2 fully saturated rings. The number of hydrogen-bond acceptors (Lipinski definition) is 4. The van der Waals surface area contributed by atoms with Crippen LogP contribution in [0.25, 0.3) is 0 Å². The third-order valence-corrected chi connectivity index (χ3v) is 7.86. The number of sulfonamides is 1. The predicted molar refractivity (Wildman–Crippen MR) is 101 cm³/mol. The summed E-state index contributed by atoms with van der Waals surface area (Å²) in [6, 6.07) is 7.97. The Morgan fingerprint density at radius 3 is 2.32 bits per heavy atom. The van der Waals surface area contributed by atoms with E-state index in [1.54, 1.807) is 16.4 Å². The SMILES string of the molecule is CC[C@@H]1CN(C2CCN(S(=O)(=O)c3ccc(C)cc3)CC2)CC[C@@H]1N. The molecule has 0 radical (unpaired) electrons. The van der Waals surface area contributed by atoms with E-state index in [2.05, 4.69) is 11.8 Å². The van der Waals surface area contributed by atoms with Crippen LogP contribution in [0, 0.1) is 12.8 Å². The molecule has 25 heavy (non-hydrogen) atoms. The largest absolute Gasteiger partial charge is 0.327 e. The highest BCUT2D eigenvalue weighted by Gasteiger charge is 2.34. The molecule has 1 aromatic rings. The van der Waals surface area contributed by atoms with Gasteiger partial charge in [-0.05, 0) is 50.8 Å². The van der Waals surface area contributed by atoms with E-state index in [0.717, 1.165) is 44.3 Å². The van der Waals surface area contributed by atoms with Gasteiger partial charge in [-0.2, -0.15) is 4.31 Å². The maximum atomic E-state index is 12.8. The first kappa shape index (κ1) is 18.8. The highest BCUT2D eigenvalue weighted by Crippen LogP contribution is 2.27. The van der Waals surface area contributed by atoms with Crippen LogP contribution < -0.4 is 5.73 Å². The zero-order chi connectivity index (χ0) is 18.0. The number of nitrogens with zero attached hydrogens (tertiary/aromatic N) is 2. The van der Waals surface area contributed by atoms with E-state index in [1.165, 1.54) is 0 Å². The number of rotatable bonds is 4. The molecule has 1 aromatic carbocycles. The molecule has 0 spiro atoms. The molecule has 2 saturated heterocycles. The summed E-state index contributed by atoms with van der Waals surface area (Å²) in [7, 11) is -3.36. The molecule has 0 amide bonds. The normalized spacial score (nSPS) is 27.5. The van der Waals surface area contributed by atoms with E-state index >= 15 is 0 Å². The van der Waals surface area contributed by atoms with Crippen molar-refractivity contribution in [1.82, 2.24) is 9.21 Å². The van der Waals surface area contributed by atoms with Gasteiger partial charge in [0, 0.05) is 31.7 Å². The zero-order valence-electron chi connectivity index (χ0n) is 15.4. The monoisotopic (exact) mass is 365 g/mol. The van der Waals surface area contributed by atoms with Gasteiger partial charge in [0.05, 0.1) is 4.90 Å². The van der Waals surface area contributed by atoms with Crippen LogP contribution in [0.1, 0.15) is 38.2 Å². The van der Waals surface area contributed by atoms with Crippen LogP contribution in [0.5, 0.6) is 0 Å². The molecule has 0 aromatic heterocycles. The van der Waals surface area contributed by atoms with Crippen molar-refractivity contribution in [3.8, 4) is 0 Å². The van der Waals surface area contributed by atoms with Crippen molar-refractivity contribution in [2.24, 2.45) is 11.7 Å². The summed E-state index contributed by atoms with van der Waals surface area (Å²) >= 11 is 0. The minimum absolute atomic E-state index is 0.322. The quantitative estimate of drug-likeness (QED) is 0.888. The summed E-state index contributed by atoms with van der Waals surface area (Å²) < 4.78 is 27.3. The molecule has 3 rings (SSSR count). The predicted octanol–water partition coefficient (Wildman–Crippen LogP) is 2.21. The molecule has 2 aliphatic rings. The Labute approximate surface area is 152 Å². The van der Waals surface area contributed by atoms with E-state index in [-0.39, 0.29) is 0 Å². The Kier molecular flexibility index (Phi) is 5.83. The van der Waals surface area contributed by atoms with Crippen LogP contribution >= 0.6 is 0 Å². The zero-order valence-corrected chi connectivity index (χ0v) is 16.2. The van der Waals surface area contributed by atoms with Crippen LogP contribution in [-0.2, 0) is 10.0 Å². The fourth-order valence-corrected chi connectivity index (χ4v) is 5.62. The standard InChI is InChI=1S/C19H31N3O2S/c1-3-16-14-21(11-10-19(16)20)17-8-12-22(13-9-17)25(23,24)18-6-4-15(2)5-7-18/h4-7,16-17,19H,3,8-14,20H2,1-2H3/t16-,19+/m1/s1. The summed E-state index contributed by atoms with van der Waals surface area (Å²) in [5.74, 6) is 0.572. The fraction of sp³-hybridized carbons (Fsp3) is 0.684. The maximum absolute atomic E-state index is 12.8. The van der Waals surface area contributed by atoms with E-state index < -0.39 is 10.0 Å². The van der Waals surface area contributed by atoms with Gasteiger partial charge < -0.3 is 5.73 Å². The van der Waals surface area contributed by atoms with Crippen molar-refractivity contribution in [3.05, 3.63) is 29.8 Å². The molecule has 0 unspecified atom stereocenters. The molecule has 2 N–H and O–H groups in total. The van der Waals surface area contributed by atoms with Crippen LogP contribution in [0.3, 0.4) is 0 Å². The van der Waals surface area contributed by atoms with Gasteiger partial charge in [-0.1, -0.05) is 31.0 Å².